The predicted molar refractivity (Wildman–Crippen MR) is 154 cm³/mol. The second-order valence-electron chi connectivity index (χ2n) is 9.38. The van der Waals surface area contributed by atoms with Crippen molar-refractivity contribution < 1.29 is 38.0 Å². The zero-order valence-corrected chi connectivity index (χ0v) is 23.0. The first-order valence-electron chi connectivity index (χ1n) is 12.5. The maximum absolute atomic E-state index is 13.0. The van der Waals surface area contributed by atoms with Gasteiger partial charge in [0.25, 0.3) is 11.7 Å². The third-order valence-corrected chi connectivity index (χ3v) is 6.99. The number of halogens is 3. The topological polar surface area (TPSA) is 114 Å². The molecule has 11 heteroatoms. The average Bonchev–Trinajstić information content (AvgIpc) is 3.68. The number of benzene rings is 4. The fourth-order valence-corrected chi connectivity index (χ4v) is 4.81. The molecule has 4 aromatic rings. The molecule has 1 spiro atoms. The van der Waals surface area contributed by atoms with Crippen molar-refractivity contribution in [3.63, 3.8) is 0 Å². The van der Waals surface area contributed by atoms with Gasteiger partial charge in [0, 0.05) is 12.8 Å². The van der Waals surface area contributed by atoms with E-state index in [1.54, 1.807) is 42.5 Å². The van der Waals surface area contributed by atoms with E-state index in [0.29, 0.717) is 11.3 Å². The lowest BCUT2D eigenvalue weighted by atomic mass is 9.82. The molecule has 1 fully saturated rings. The van der Waals surface area contributed by atoms with E-state index in [2.05, 4.69) is 10.6 Å². The van der Waals surface area contributed by atoms with Crippen molar-refractivity contribution in [1.29, 1.82) is 0 Å². The normalized spacial score (nSPS) is 15.3. The molecular formula is C31H25ClF2N2O6. The molecular weight excluding hydrogens is 570 g/mol. The highest BCUT2D eigenvalue weighted by molar-refractivity contribution is 6.51. The Morgan fingerprint density at radius 2 is 1.14 bits per heavy atom. The molecule has 0 atom stereocenters. The fraction of sp³-hybridized carbons (Fsp3) is 0.129. The molecule has 8 nitrogen and oxygen atoms in total. The van der Waals surface area contributed by atoms with Gasteiger partial charge in [-0.15, -0.1) is 12.4 Å². The summed E-state index contributed by atoms with van der Waals surface area (Å²) in [5, 5.41) is 12.3. The Labute approximate surface area is 245 Å². The van der Waals surface area contributed by atoms with Crippen LogP contribution in [-0.4, -0.2) is 43.0 Å². The number of fused-ring (bicyclic) bond motifs is 3. The van der Waals surface area contributed by atoms with Crippen molar-refractivity contribution in [2.75, 3.05) is 31.0 Å². The molecule has 216 valence electrons. The number of carbonyl (C=O) groups excluding carboxylic acids is 3. The number of carbonyl (C=O) groups is 3. The van der Waals surface area contributed by atoms with Crippen molar-refractivity contribution in [3.05, 3.63) is 108 Å². The first-order chi connectivity index (χ1) is 19.8. The Hall–Kier alpha value is -4.48. The Morgan fingerprint density at radius 3 is 1.69 bits per heavy atom. The summed E-state index contributed by atoms with van der Waals surface area (Å²) in [7, 11) is 1.00. The van der Waals surface area contributed by atoms with Crippen molar-refractivity contribution in [1.82, 2.24) is 0 Å². The van der Waals surface area contributed by atoms with Gasteiger partial charge < -0.3 is 15.7 Å². The van der Waals surface area contributed by atoms with Gasteiger partial charge in [0.15, 0.2) is 0 Å². The molecule has 1 saturated heterocycles. The molecule has 0 bridgehead atoms. The number of rotatable bonds is 2. The summed E-state index contributed by atoms with van der Waals surface area (Å²) in [5.41, 5.74) is 5.16. The van der Waals surface area contributed by atoms with Crippen LogP contribution in [0.2, 0.25) is 0 Å². The van der Waals surface area contributed by atoms with Gasteiger partial charge in [-0.1, -0.05) is 36.4 Å². The van der Waals surface area contributed by atoms with Gasteiger partial charge in [0.05, 0.1) is 11.3 Å². The van der Waals surface area contributed by atoms with Gasteiger partial charge in [0.2, 0.25) is 5.91 Å². The van der Waals surface area contributed by atoms with Crippen LogP contribution in [0.5, 0.6) is 0 Å². The molecule has 0 saturated carbocycles. The maximum atomic E-state index is 13.0. The van der Waals surface area contributed by atoms with Crippen LogP contribution >= 0.6 is 12.4 Å². The van der Waals surface area contributed by atoms with Crippen LogP contribution < -0.4 is 10.6 Å². The average molecular weight is 595 g/mol. The van der Waals surface area contributed by atoms with E-state index in [1.807, 2.05) is 18.2 Å². The van der Waals surface area contributed by atoms with Gasteiger partial charge >= 0.3 is 0 Å². The molecule has 42 heavy (non-hydrogen) atoms. The Kier molecular flexibility index (Phi) is 9.13. The van der Waals surface area contributed by atoms with E-state index in [9.17, 15) is 23.2 Å². The Bertz CT molecular complexity index is 1640. The molecule has 3 aliphatic rings. The summed E-state index contributed by atoms with van der Waals surface area (Å²) in [4.78, 5) is 44.9. The Morgan fingerprint density at radius 1 is 0.667 bits per heavy atom. The first kappa shape index (κ1) is 30.5. The number of aliphatic hydroxyl groups is 1. The minimum atomic E-state index is -0.772. The van der Waals surface area contributed by atoms with Gasteiger partial charge in [-0.05, 0) is 76.3 Å². The lowest BCUT2D eigenvalue weighted by Crippen LogP contribution is -2.37. The number of hydrogen-bond acceptors (Lipinski definition) is 6. The van der Waals surface area contributed by atoms with E-state index < -0.39 is 17.1 Å². The number of ketones is 1. The standard InChI is InChI=1S/C16H12FNO3.C14H8FNO2.CH4O.ClH/c17-12-4-1-10(2-5-12)11-3-6-14-13(7-11)16(15(19)18-14)8-20-21-9-16;15-10-4-1-8(2-5-10)9-3-6-12-11(7-9)13(17)14(18)16-12;1-2;/h1-7H,8-9H2,(H,18,19);1-7H,(H,16,17,18);2H,1H3;1H. The zero-order chi connectivity index (χ0) is 29.1. The number of amides is 2. The van der Waals surface area contributed by atoms with Crippen LogP contribution in [0.25, 0.3) is 22.3 Å². The molecule has 7 rings (SSSR count). The van der Waals surface area contributed by atoms with Crippen LogP contribution in [0.15, 0.2) is 84.9 Å². The third-order valence-electron chi connectivity index (χ3n) is 6.99. The van der Waals surface area contributed by atoms with Crippen molar-refractivity contribution in [3.8, 4) is 22.3 Å². The van der Waals surface area contributed by atoms with E-state index in [-0.39, 0.29) is 43.2 Å². The molecule has 3 aliphatic heterocycles. The lowest BCUT2D eigenvalue weighted by Gasteiger charge is -2.16. The maximum Gasteiger partial charge on any atom is 0.296 e. The SMILES string of the molecule is CO.Cl.O=C1Nc2ccc(-c3ccc(F)cc3)cc2C12COOC2.O=C1Nc2ccc(-c3ccc(F)cc3)cc2C1=O. The number of anilines is 2. The molecule has 0 aliphatic carbocycles. The molecule has 0 unspecified atom stereocenters. The molecule has 2 amide bonds. The quantitative estimate of drug-likeness (QED) is 0.214. The zero-order valence-electron chi connectivity index (χ0n) is 22.1. The van der Waals surface area contributed by atoms with Gasteiger partial charge in [-0.3, -0.25) is 14.4 Å². The highest BCUT2D eigenvalue weighted by Gasteiger charge is 2.51. The van der Waals surface area contributed by atoms with Crippen LogP contribution in [0.1, 0.15) is 15.9 Å². The van der Waals surface area contributed by atoms with Gasteiger partial charge in [-0.25, -0.2) is 18.6 Å². The minimum absolute atomic E-state index is 0. The van der Waals surface area contributed by atoms with E-state index in [0.717, 1.165) is 40.6 Å². The summed E-state index contributed by atoms with van der Waals surface area (Å²) in [6.07, 6.45) is 0. The molecule has 3 N–H and O–H groups in total. The van der Waals surface area contributed by atoms with Crippen molar-refractivity contribution >= 4 is 41.4 Å². The number of Topliss-reactive ketones (excluding diaryl/α,β-unsaturated/α-hetero) is 1. The minimum Gasteiger partial charge on any atom is -0.400 e. The summed E-state index contributed by atoms with van der Waals surface area (Å²) >= 11 is 0. The molecule has 0 radical (unpaired) electrons. The van der Waals surface area contributed by atoms with Crippen LogP contribution in [0, 0.1) is 11.6 Å². The largest absolute Gasteiger partial charge is 0.400 e. The number of aliphatic hydroxyl groups excluding tert-OH is 1. The van der Waals surface area contributed by atoms with Crippen molar-refractivity contribution in [2.45, 2.75) is 5.41 Å². The lowest BCUT2D eigenvalue weighted by molar-refractivity contribution is -0.248. The summed E-state index contributed by atoms with van der Waals surface area (Å²) in [5.74, 6) is -1.83. The smallest absolute Gasteiger partial charge is 0.296 e. The second kappa shape index (κ2) is 12.6. The highest BCUT2D eigenvalue weighted by atomic mass is 35.5. The predicted octanol–water partition coefficient (Wildman–Crippen LogP) is 5.30. The molecule has 4 aromatic carbocycles. The van der Waals surface area contributed by atoms with Gasteiger partial charge in [0.1, 0.15) is 30.3 Å². The number of nitrogens with one attached hydrogen (secondary N) is 2. The van der Waals surface area contributed by atoms with E-state index >= 15 is 0 Å². The third kappa shape index (κ3) is 5.65. The fourth-order valence-electron chi connectivity index (χ4n) is 4.81. The van der Waals surface area contributed by atoms with Crippen LogP contribution in [-0.2, 0) is 24.8 Å². The van der Waals surface area contributed by atoms with Crippen molar-refractivity contribution in [2.24, 2.45) is 0 Å². The summed E-state index contributed by atoms with van der Waals surface area (Å²) in [6.45, 7) is 0.414. The van der Waals surface area contributed by atoms with E-state index in [4.69, 9.17) is 14.9 Å². The highest BCUT2D eigenvalue weighted by Crippen LogP contribution is 2.42. The first-order valence-corrected chi connectivity index (χ1v) is 12.5. The summed E-state index contributed by atoms with van der Waals surface area (Å²) < 4.78 is 25.9. The van der Waals surface area contributed by atoms with Crippen LogP contribution in [0.3, 0.4) is 0 Å². The molecule has 3 heterocycles. The Balaban J connectivity index is 0.000000180. The summed E-state index contributed by atoms with van der Waals surface area (Å²) in [6, 6.07) is 23.1. The van der Waals surface area contributed by atoms with E-state index in [1.165, 1.54) is 24.3 Å². The monoisotopic (exact) mass is 594 g/mol. The number of hydrogen-bond donors (Lipinski definition) is 3. The van der Waals surface area contributed by atoms with Gasteiger partial charge in [-0.2, -0.15) is 0 Å². The van der Waals surface area contributed by atoms with Crippen LogP contribution in [0.4, 0.5) is 20.2 Å². The molecule has 0 aromatic heterocycles. The second-order valence-corrected chi connectivity index (χ2v) is 9.38.